The van der Waals surface area contributed by atoms with E-state index in [9.17, 15) is 0 Å². The fraction of sp³-hybridized carbons (Fsp3) is 1.00. The monoisotopic (exact) mass is 229 g/mol. The zero-order chi connectivity index (χ0) is 11.5. The van der Waals surface area contributed by atoms with Crippen LogP contribution in [0.2, 0.25) is 0 Å². The molecule has 1 aliphatic heterocycles. The Kier molecular flexibility index (Phi) is 8.77. The van der Waals surface area contributed by atoms with Gasteiger partial charge in [0.05, 0.1) is 0 Å². The van der Waals surface area contributed by atoms with Crippen LogP contribution in [0.3, 0.4) is 0 Å². The first-order valence-electron chi connectivity index (χ1n) is 6.81. The Morgan fingerprint density at radius 3 is 2.19 bits per heavy atom. The molecule has 3 nitrogen and oxygen atoms in total. The Balaban J connectivity index is 1.71. The van der Waals surface area contributed by atoms with E-state index >= 15 is 0 Å². The van der Waals surface area contributed by atoms with E-state index < -0.39 is 0 Å². The average molecular weight is 229 g/mol. The summed E-state index contributed by atoms with van der Waals surface area (Å²) in [5.74, 6) is 0. The molecule has 0 aromatic carbocycles. The molecule has 0 aliphatic carbocycles. The number of hydrogen-bond acceptors (Lipinski definition) is 3. The van der Waals surface area contributed by atoms with Gasteiger partial charge in [-0.1, -0.05) is 6.92 Å². The summed E-state index contributed by atoms with van der Waals surface area (Å²) in [4.78, 5) is 2.54. The second kappa shape index (κ2) is 10.1. The van der Waals surface area contributed by atoms with Crippen molar-refractivity contribution in [2.75, 3.05) is 46.1 Å². The van der Waals surface area contributed by atoms with Crippen LogP contribution in [-0.4, -0.2) is 51.0 Å². The molecule has 1 fully saturated rings. The molecular weight excluding hydrogens is 202 g/mol. The highest BCUT2D eigenvalue weighted by Gasteiger charge is 2.09. The van der Waals surface area contributed by atoms with E-state index in [0.29, 0.717) is 0 Å². The van der Waals surface area contributed by atoms with Crippen LogP contribution in [0.1, 0.15) is 39.0 Å². The van der Waals surface area contributed by atoms with Gasteiger partial charge in [-0.25, -0.2) is 0 Å². The van der Waals surface area contributed by atoms with Crippen LogP contribution in [0.5, 0.6) is 0 Å². The quantitative estimate of drug-likeness (QED) is 0.537. The fourth-order valence-corrected chi connectivity index (χ4v) is 2.01. The topological polar surface area (TPSA) is 21.7 Å². The summed E-state index contributed by atoms with van der Waals surface area (Å²) >= 11 is 0. The fourth-order valence-electron chi connectivity index (χ4n) is 2.01. The van der Waals surface area contributed by atoms with E-state index in [1.165, 1.54) is 38.9 Å². The standard InChI is InChI=1S/C13H27NO2/c1-2-10-15-12-6-13-16-11-5-9-14-7-3-4-8-14/h2-13H2,1H3. The van der Waals surface area contributed by atoms with Gasteiger partial charge in [0.1, 0.15) is 0 Å². The van der Waals surface area contributed by atoms with Crippen LogP contribution in [0.25, 0.3) is 0 Å². The van der Waals surface area contributed by atoms with Crippen LogP contribution in [-0.2, 0) is 9.47 Å². The van der Waals surface area contributed by atoms with Crippen molar-refractivity contribution < 1.29 is 9.47 Å². The zero-order valence-corrected chi connectivity index (χ0v) is 10.7. The van der Waals surface area contributed by atoms with Crippen molar-refractivity contribution in [2.45, 2.75) is 39.0 Å². The molecule has 0 saturated carbocycles. The molecular formula is C13H27NO2. The van der Waals surface area contributed by atoms with Crippen LogP contribution in [0.4, 0.5) is 0 Å². The lowest BCUT2D eigenvalue weighted by atomic mass is 10.4. The molecule has 1 rings (SSSR count). The number of rotatable bonds is 10. The first kappa shape index (κ1) is 13.9. The summed E-state index contributed by atoms with van der Waals surface area (Å²) in [5, 5.41) is 0. The smallest absolute Gasteiger partial charge is 0.0487 e. The largest absolute Gasteiger partial charge is 0.381 e. The number of likely N-dealkylation sites (tertiary alicyclic amines) is 1. The SMILES string of the molecule is CCCOCCCOCCCN1CCCC1. The minimum Gasteiger partial charge on any atom is -0.381 e. The molecule has 3 heteroatoms. The predicted octanol–water partition coefficient (Wildman–Crippen LogP) is 2.31. The normalized spacial score (nSPS) is 17.1. The minimum absolute atomic E-state index is 0.847. The van der Waals surface area contributed by atoms with Gasteiger partial charge in [-0.05, 0) is 45.2 Å². The van der Waals surface area contributed by atoms with E-state index in [1.54, 1.807) is 0 Å². The van der Waals surface area contributed by atoms with Gasteiger partial charge < -0.3 is 14.4 Å². The van der Waals surface area contributed by atoms with Crippen LogP contribution >= 0.6 is 0 Å². The third-order valence-corrected chi connectivity index (χ3v) is 2.89. The van der Waals surface area contributed by atoms with Gasteiger partial charge in [0.2, 0.25) is 0 Å². The second-order valence-electron chi connectivity index (χ2n) is 4.48. The highest BCUT2D eigenvalue weighted by atomic mass is 16.5. The summed E-state index contributed by atoms with van der Waals surface area (Å²) in [6.45, 7) is 9.43. The average Bonchev–Trinajstić information content (AvgIpc) is 2.80. The molecule has 96 valence electrons. The van der Waals surface area contributed by atoms with Crippen LogP contribution < -0.4 is 0 Å². The molecule has 1 heterocycles. The van der Waals surface area contributed by atoms with Gasteiger partial charge in [0, 0.05) is 33.0 Å². The van der Waals surface area contributed by atoms with E-state index in [-0.39, 0.29) is 0 Å². The summed E-state index contributed by atoms with van der Waals surface area (Å²) in [5.41, 5.74) is 0. The first-order chi connectivity index (χ1) is 7.93. The van der Waals surface area contributed by atoms with Crippen molar-refractivity contribution in [1.29, 1.82) is 0 Å². The van der Waals surface area contributed by atoms with Crippen molar-refractivity contribution in [3.05, 3.63) is 0 Å². The van der Waals surface area contributed by atoms with Crippen molar-refractivity contribution in [3.63, 3.8) is 0 Å². The Bertz CT molecular complexity index is 147. The lowest BCUT2D eigenvalue weighted by Crippen LogP contribution is -2.21. The summed E-state index contributed by atoms with van der Waals surface area (Å²) in [6.07, 6.45) is 6.08. The summed E-state index contributed by atoms with van der Waals surface area (Å²) in [6, 6.07) is 0. The Morgan fingerprint density at radius 2 is 1.50 bits per heavy atom. The van der Waals surface area contributed by atoms with Gasteiger partial charge >= 0.3 is 0 Å². The van der Waals surface area contributed by atoms with Crippen LogP contribution in [0, 0.1) is 0 Å². The van der Waals surface area contributed by atoms with E-state index in [4.69, 9.17) is 9.47 Å². The molecule has 0 aromatic rings. The minimum atomic E-state index is 0.847. The van der Waals surface area contributed by atoms with Gasteiger partial charge in [-0.2, -0.15) is 0 Å². The number of hydrogen-bond donors (Lipinski definition) is 0. The van der Waals surface area contributed by atoms with Crippen LogP contribution in [0.15, 0.2) is 0 Å². The lowest BCUT2D eigenvalue weighted by Gasteiger charge is -2.13. The molecule has 1 aliphatic rings. The van der Waals surface area contributed by atoms with Gasteiger partial charge in [0.25, 0.3) is 0 Å². The molecule has 0 amide bonds. The predicted molar refractivity (Wildman–Crippen MR) is 66.8 cm³/mol. The van der Waals surface area contributed by atoms with Gasteiger partial charge in [0.15, 0.2) is 0 Å². The van der Waals surface area contributed by atoms with E-state index in [0.717, 1.165) is 39.3 Å². The first-order valence-corrected chi connectivity index (χ1v) is 6.81. The molecule has 16 heavy (non-hydrogen) atoms. The van der Waals surface area contributed by atoms with Crippen molar-refractivity contribution in [1.82, 2.24) is 4.90 Å². The maximum Gasteiger partial charge on any atom is 0.0487 e. The molecule has 1 saturated heterocycles. The third kappa shape index (κ3) is 7.20. The summed E-state index contributed by atoms with van der Waals surface area (Å²) < 4.78 is 10.9. The molecule has 0 unspecified atom stereocenters. The van der Waals surface area contributed by atoms with Crippen molar-refractivity contribution >= 4 is 0 Å². The maximum atomic E-state index is 5.57. The highest BCUT2D eigenvalue weighted by Crippen LogP contribution is 2.07. The molecule has 0 spiro atoms. The molecule has 0 radical (unpaired) electrons. The molecule has 0 bridgehead atoms. The third-order valence-electron chi connectivity index (χ3n) is 2.89. The zero-order valence-electron chi connectivity index (χ0n) is 10.7. The van der Waals surface area contributed by atoms with Gasteiger partial charge in [-0.3, -0.25) is 0 Å². The molecule has 0 aromatic heterocycles. The second-order valence-corrected chi connectivity index (χ2v) is 4.48. The Labute approximate surface area is 100 Å². The van der Waals surface area contributed by atoms with Gasteiger partial charge in [-0.15, -0.1) is 0 Å². The highest BCUT2D eigenvalue weighted by molar-refractivity contribution is 4.65. The summed E-state index contributed by atoms with van der Waals surface area (Å²) in [7, 11) is 0. The molecule has 0 N–H and O–H groups in total. The van der Waals surface area contributed by atoms with E-state index in [1.807, 2.05) is 0 Å². The Morgan fingerprint density at radius 1 is 0.875 bits per heavy atom. The van der Waals surface area contributed by atoms with Crippen molar-refractivity contribution in [2.24, 2.45) is 0 Å². The Hall–Kier alpha value is -0.120. The number of nitrogens with zero attached hydrogens (tertiary/aromatic N) is 1. The molecule has 0 atom stereocenters. The van der Waals surface area contributed by atoms with E-state index in [2.05, 4.69) is 11.8 Å². The maximum absolute atomic E-state index is 5.57. The lowest BCUT2D eigenvalue weighted by molar-refractivity contribution is 0.0792. The number of ether oxygens (including phenoxy) is 2. The van der Waals surface area contributed by atoms with Crippen molar-refractivity contribution in [3.8, 4) is 0 Å².